The van der Waals surface area contributed by atoms with E-state index in [0.29, 0.717) is 16.8 Å². The monoisotopic (exact) mass is 491 g/mol. The van der Waals surface area contributed by atoms with E-state index in [9.17, 15) is 25.6 Å². The summed E-state index contributed by atoms with van der Waals surface area (Å²) < 4.78 is 80.9. The lowest BCUT2D eigenvalue weighted by atomic mass is 9.98. The van der Waals surface area contributed by atoms with Crippen molar-refractivity contribution in [2.75, 3.05) is 11.0 Å². The Morgan fingerprint density at radius 2 is 1.61 bits per heavy atom. The predicted octanol–water partition coefficient (Wildman–Crippen LogP) is 3.88. The number of rotatable bonds is 6. The predicted molar refractivity (Wildman–Crippen MR) is 121 cm³/mol. The van der Waals surface area contributed by atoms with E-state index in [0.717, 1.165) is 22.8 Å². The van der Waals surface area contributed by atoms with Crippen LogP contribution in [0.25, 0.3) is 0 Å². The van der Waals surface area contributed by atoms with Gasteiger partial charge in [0.2, 0.25) is 10.0 Å². The number of hydrazone groups is 1. The highest BCUT2D eigenvalue weighted by atomic mass is 32.2. The summed E-state index contributed by atoms with van der Waals surface area (Å²) in [6.07, 6.45) is 1.09. The molecular formula is C22H19F2N3O4S2. The van der Waals surface area contributed by atoms with Crippen LogP contribution in [-0.2, 0) is 20.0 Å². The highest BCUT2D eigenvalue weighted by molar-refractivity contribution is 7.92. The van der Waals surface area contributed by atoms with Crippen molar-refractivity contribution >= 4 is 31.4 Å². The summed E-state index contributed by atoms with van der Waals surface area (Å²) >= 11 is 0. The second kappa shape index (κ2) is 8.56. The zero-order valence-electron chi connectivity index (χ0n) is 17.3. The Morgan fingerprint density at radius 3 is 2.27 bits per heavy atom. The fourth-order valence-corrected chi connectivity index (χ4v) is 5.61. The van der Waals surface area contributed by atoms with Gasteiger partial charge < -0.3 is 0 Å². The van der Waals surface area contributed by atoms with Gasteiger partial charge in [-0.25, -0.2) is 17.2 Å². The molecule has 1 N–H and O–H groups in total. The first-order valence-corrected chi connectivity index (χ1v) is 13.1. The Balaban J connectivity index is 1.84. The van der Waals surface area contributed by atoms with Crippen LogP contribution in [0.3, 0.4) is 0 Å². The minimum Gasteiger partial charge on any atom is -0.283 e. The van der Waals surface area contributed by atoms with Crippen molar-refractivity contribution in [2.45, 2.75) is 17.4 Å². The molecule has 1 aliphatic heterocycles. The van der Waals surface area contributed by atoms with Gasteiger partial charge >= 0.3 is 0 Å². The Bertz CT molecular complexity index is 1440. The minimum atomic E-state index is -4.28. The zero-order chi connectivity index (χ0) is 23.8. The Labute approximate surface area is 190 Å². The van der Waals surface area contributed by atoms with Crippen LogP contribution in [0, 0.1) is 11.6 Å². The van der Waals surface area contributed by atoms with Crippen molar-refractivity contribution < 1.29 is 25.6 Å². The molecule has 172 valence electrons. The van der Waals surface area contributed by atoms with E-state index in [2.05, 4.69) is 9.82 Å². The number of hydrogen-bond donors (Lipinski definition) is 1. The first-order valence-electron chi connectivity index (χ1n) is 9.75. The van der Waals surface area contributed by atoms with Crippen molar-refractivity contribution in [3.8, 4) is 0 Å². The summed E-state index contributed by atoms with van der Waals surface area (Å²) in [4.78, 5) is -0.290. The summed E-state index contributed by atoms with van der Waals surface area (Å²) in [6.45, 7) is 0. The first kappa shape index (κ1) is 22.9. The molecule has 0 spiro atoms. The van der Waals surface area contributed by atoms with Crippen molar-refractivity contribution in [1.82, 2.24) is 4.41 Å². The molecule has 3 aromatic rings. The lowest BCUT2D eigenvalue weighted by Gasteiger charge is -2.23. The second-order valence-corrected chi connectivity index (χ2v) is 11.0. The van der Waals surface area contributed by atoms with Crippen LogP contribution in [0.5, 0.6) is 0 Å². The van der Waals surface area contributed by atoms with Gasteiger partial charge in [0.15, 0.2) is 0 Å². The molecule has 7 nitrogen and oxygen atoms in total. The molecule has 0 saturated carbocycles. The largest absolute Gasteiger partial charge is 0.283 e. The molecule has 1 unspecified atom stereocenters. The standard InChI is InChI=1S/C22H19F2N3O4S2/c1-32(28,29)26-20-8-3-2-7-19(20)21-14-22(15-9-11-16(23)12-10-15)27(25-21)33(30,31)18-6-4-5-17(24)13-18/h2-13,22,26H,14H2,1H3. The van der Waals surface area contributed by atoms with Gasteiger partial charge in [-0.15, -0.1) is 0 Å². The normalized spacial score (nSPS) is 16.5. The SMILES string of the molecule is CS(=O)(=O)Nc1ccccc1C1=NN(S(=O)(=O)c2cccc(F)c2)C(c2ccc(F)cc2)C1. The van der Waals surface area contributed by atoms with Gasteiger partial charge in [-0.3, -0.25) is 4.72 Å². The average molecular weight is 492 g/mol. The fraction of sp³-hybridized carbons (Fsp3) is 0.136. The topological polar surface area (TPSA) is 95.9 Å². The van der Waals surface area contributed by atoms with Gasteiger partial charge in [-0.05, 0) is 42.0 Å². The number of hydrogen-bond acceptors (Lipinski definition) is 5. The van der Waals surface area contributed by atoms with E-state index in [1.54, 1.807) is 18.2 Å². The molecule has 1 aliphatic rings. The second-order valence-electron chi connectivity index (χ2n) is 7.47. The van der Waals surface area contributed by atoms with Crippen LogP contribution in [0.1, 0.15) is 23.6 Å². The van der Waals surface area contributed by atoms with Gasteiger partial charge in [0.05, 0.1) is 28.6 Å². The maximum absolute atomic E-state index is 13.8. The van der Waals surface area contributed by atoms with Crippen LogP contribution in [0.2, 0.25) is 0 Å². The number of sulfonamides is 2. The van der Waals surface area contributed by atoms with Crippen LogP contribution < -0.4 is 4.72 Å². The van der Waals surface area contributed by atoms with E-state index in [1.165, 1.54) is 42.5 Å². The summed E-state index contributed by atoms with van der Waals surface area (Å²) in [7, 11) is -7.89. The summed E-state index contributed by atoms with van der Waals surface area (Å²) in [5, 5.41) is 4.32. The smallest absolute Gasteiger partial charge is 0.279 e. The van der Waals surface area contributed by atoms with Crippen molar-refractivity contribution in [3.63, 3.8) is 0 Å². The minimum absolute atomic E-state index is 0.0859. The van der Waals surface area contributed by atoms with Gasteiger partial charge in [-0.1, -0.05) is 36.4 Å². The molecule has 33 heavy (non-hydrogen) atoms. The molecule has 0 fully saturated rings. The van der Waals surface area contributed by atoms with Crippen LogP contribution >= 0.6 is 0 Å². The number of halogens is 2. The quantitative estimate of drug-likeness (QED) is 0.566. The van der Waals surface area contributed by atoms with Crippen molar-refractivity contribution in [3.05, 3.63) is 95.6 Å². The van der Waals surface area contributed by atoms with Crippen molar-refractivity contribution in [2.24, 2.45) is 5.10 Å². The molecule has 11 heteroatoms. The average Bonchev–Trinajstić information content (AvgIpc) is 3.20. The van der Waals surface area contributed by atoms with E-state index in [-0.39, 0.29) is 17.0 Å². The molecular weight excluding hydrogens is 472 g/mol. The van der Waals surface area contributed by atoms with Crippen LogP contribution in [-0.4, -0.2) is 33.2 Å². The summed E-state index contributed by atoms with van der Waals surface area (Å²) in [5.74, 6) is -1.21. The molecule has 4 rings (SSSR count). The number of nitrogens with zero attached hydrogens (tertiary/aromatic N) is 2. The third kappa shape index (κ3) is 4.88. The Kier molecular flexibility index (Phi) is 5.93. The molecule has 0 amide bonds. The zero-order valence-corrected chi connectivity index (χ0v) is 18.9. The van der Waals surface area contributed by atoms with Gasteiger partial charge in [0, 0.05) is 12.0 Å². The molecule has 0 radical (unpaired) electrons. The fourth-order valence-electron chi connectivity index (χ4n) is 3.57. The molecule has 0 bridgehead atoms. The van der Waals surface area contributed by atoms with Crippen molar-refractivity contribution in [1.29, 1.82) is 0 Å². The van der Waals surface area contributed by atoms with Gasteiger partial charge in [0.25, 0.3) is 10.0 Å². The summed E-state index contributed by atoms with van der Waals surface area (Å²) in [6, 6.07) is 15.5. The lowest BCUT2D eigenvalue weighted by Crippen LogP contribution is -2.27. The van der Waals surface area contributed by atoms with Crippen LogP contribution in [0.4, 0.5) is 14.5 Å². The van der Waals surface area contributed by atoms with Gasteiger partial charge in [0.1, 0.15) is 11.6 Å². The highest BCUT2D eigenvalue weighted by Gasteiger charge is 2.38. The van der Waals surface area contributed by atoms with E-state index in [1.807, 2.05) is 0 Å². The molecule has 0 aliphatic carbocycles. The number of benzene rings is 3. The van der Waals surface area contributed by atoms with Crippen LogP contribution in [0.15, 0.2) is 82.8 Å². The van der Waals surface area contributed by atoms with E-state index >= 15 is 0 Å². The highest BCUT2D eigenvalue weighted by Crippen LogP contribution is 2.38. The summed E-state index contributed by atoms with van der Waals surface area (Å²) in [5.41, 5.74) is 1.41. The molecule has 0 saturated heterocycles. The number of anilines is 1. The third-order valence-electron chi connectivity index (χ3n) is 5.00. The molecule has 1 heterocycles. The lowest BCUT2D eigenvalue weighted by molar-refractivity contribution is 0.371. The van der Waals surface area contributed by atoms with E-state index in [4.69, 9.17) is 0 Å². The Morgan fingerprint density at radius 1 is 0.909 bits per heavy atom. The maximum Gasteiger partial charge on any atom is 0.279 e. The number of para-hydroxylation sites is 1. The third-order valence-corrected chi connectivity index (χ3v) is 7.27. The molecule has 0 aromatic heterocycles. The van der Waals surface area contributed by atoms with E-state index < -0.39 is 37.7 Å². The first-order chi connectivity index (χ1) is 15.5. The maximum atomic E-state index is 13.8. The van der Waals surface area contributed by atoms with Gasteiger partial charge in [-0.2, -0.15) is 17.9 Å². The molecule has 1 atom stereocenters. The number of nitrogens with one attached hydrogen (secondary N) is 1. The molecule has 3 aromatic carbocycles. The Hall–Kier alpha value is -3.31.